The smallest absolute Gasteiger partial charge is 0.105 e. The molecule has 1 saturated carbocycles. The highest BCUT2D eigenvalue weighted by Gasteiger charge is 2.31. The number of hydrogen-bond donors (Lipinski definition) is 0. The van der Waals surface area contributed by atoms with Gasteiger partial charge in [-0.15, -0.1) is 0 Å². The Bertz CT molecular complexity index is 924. The average molecular weight is 365 g/mol. The van der Waals surface area contributed by atoms with E-state index in [9.17, 15) is 0 Å². The summed E-state index contributed by atoms with van der Waals surface area (Å²) in [5, 5.41) is 0.256. The predicted octanol–water partition coefficient (Wildman–Crippen LogP) is 4.72. The van der Waals surface area contributed by atoms with E-state index in [2.05, 4.69) is 83.3 Å². The Kier molecular flexibility index (Phi) is 5.44. The van der Waals surface area contributed by atoms with E-state index in [4.69, 9.17) is 4.98 Å². The normalized spacial score (nSPS) is 15.5. The lowest BCUT2D eigenvalue weighted by Crippen LogP contribution is -2.37. The molecule has 0 bridgehead atoms. The molecule has 140 valence electrons. The Labute approximate surface area is 171 Å². The van der Waals surface area contributed by atoms with Gasteiger partial charge in [-0.3, -0.25) is 4.98 Å². The molecule has 0 N–H and O–H groups in total. The van der Waals surface area contributed by atoms with E-state index in [0.717, 1.165) is 11.6 Å². The molecular formula is C25H29B2N. The molecule has 1 nitrogen and oxygen atoms in total. The number of aromatic nitrogens is 1. The maximum atomic E-state index is 4.73. The quantitative estimate of drug-likeness (QED) is 0.610. The van der Waals surface area contributed by atoms with Crippen LogP contribution in [0.25, 0.3) is 22.4 Å². The Hall–Kier alpha value is -2.28. The molecular weight excluding hydrogens is 336 g/mol. The summed E-state index contributed by atoms with van der Waals surface area (Å²) < 4.78 is 0. The SMILES string of the molecule is BC(B)(c1ccc(-c2ccc(-c3ccccc3C)nc2)cc1)C1CCCCC1. The summed E-state index contributed by atoms with van der Waals surface area (Å²) in [7, 11) is 4.85. The number of aryl methyl sites for hydroxylation is 1. The highest BCUT2D eigenvalue weighted by molar-refractivity contribution is 6.40. The van der Waals surface area contributed by atoms with Gasteiger partial charge in [0.15, 0.2) is 0 Å². The molecule has 1 aliphatic carbocycles. The summed E-state index contributed by atoms with van der Waals surface area (Å²) in [6, 6.07) is 22.0. The van der Waals surface area contributed by atoms with Gasteiger partial charge in [-0.05, 0) is 30.0 Å². The fourth-order valence-corrected chi connectivity index (χ4v) is 4.74. The standard InChI is InChI=1S/C25H29B2N/c1-18-7-5-6-10-23(18)24-16-13-20(17-28-24)19-11-14-22(15-12-19)25(26,27)21-8-3-2-4-9-21/h5-7,10-17,21H,2-4,8-9,26-27H2,1H3. The lowest BCUT2D eigenvalue weighted by Gasteiger charge is -2.38. The van der Waals surface area contributed by atoms with Gasteiger partial charge in [0.2, 0.25) is 0 Å². The molecule has 0 saturated heterocycles. The molecule has 0 unspecified atom stereocenters. The van der Waals surface area contributed by atoms with Gasteiger partial charge >= 0.3 is 0 Å². The fourth-order valence-electron chi connectivity index (χ4n) is 4.74. The van der Waals surface area contributed by atoms with E-state index in [-0.39, 0.29) is 5.21 Å². The minimum absolute atomic E-state index is 0.256. The summed E-state index contributed by atoms with van der Waals surface area (Å²) in [5.74, 6) is 0.808. The lowest BCUT2D eigenvalue weighted by molar-refractivity contribution is 0.327. The summed E-state index contributed by atoms with van der Waals surface area (Å²) in [4.78, 5) is 4.73. The maximum absolute atomic E-state index is 4.73. The molecule has 28 heavy (non-hydrogen) atoms. The monoisotopic (exact) mass is 365 g/mol. The molecule has 1 aliphatic rings. The van der Waals surface area contributed by atoms with E-state index >= 15 is 0 Å². The van der Waals surface area contributed by atoms with E-state index < -0.39 is 0 Å². The fraction of sp³-hybridized carbons (Fsp3) is 0.320. The van der Waals surface area contributed by atoms with Gasteiger partial charge in [-0.2, -0.15) is 0 Å². The van der Waals surface area contributed by atoms with Crippen molar-refractivity contribution in [1.82, 2.24) is 4.98 Å². The molecule has 2 aromatic carbocycles. The zero-order valence-corrected chi connectivity index (χ0v) is 17.4. The second-order valence-electron chi connectivity index (χ2n) is 8.88. The number of pyridine rings is 1. The second kappa shape index (κ2) is 7.99. The van der Waals surface area contributed by atoms with Crippen LogP contribution in [0.15, 0.2) is 66.9 Å². The van der Waals surface area contributed by atoms with Gasteiger partial charge < -0.3 is 0 Å². The third-order valence-electron chi connectivity index (χ3n) is 6.77. The topological polar surface area (TPSA) is 12.9 Å². The average Bonchev–Trinajstić information content (AvgIpc) is 2.75. The van der Waals surface area contributed by atoms with Crippen LogP contribution < -0.4 is 0 Å². The van der Waals surface area contributed by atoms with Crippen LogP contribution in [0.5, 0.6) is 0 Å². The van der Waals surface area contributed by atoms with E-state index in [1.807, 2.05) is 6.20 Å². The van der Waals surface area contributed by atoms with Gasteiger partial charge in [-0.25, -0.2) is 0 Å². The summed E-state index contributed by atoms with van der Waals surface area (Å²) in [6.07, 6.45) is 8.95. The first-order chi connectivity index (χ1) is 13.6. The van der Waals surface area contributed by atoms with Crippen molar-refractivity contribution in [2.45, 2.75) is 44.2 Å². The second-order valence-corrected chi connectivity index (χ2v) is 8.88. The molecule has 1 fully saturated rings. The van der Waals surface area contributed by atoms with Crippen molar-refractivity contribution < 1.29 is 0 Å². The summed E-state index contributed by atoms with van der Waals surface area (Å²) >= 11 is 0. The molecule has 4 rings (SSSR count). The molecule has 3 aromatic rings. The molecule has 0 atom stereocenters. The molecule has 0 aliphatic heterocycles. The van der Waals surface area contributed by atoms with Crippen LogP contribution in [0.2, 0.25) is 0 Å². The Morgan fingerprint density at radius 3 is 2.14 bits per heavy atom. The van der Waals surface area contributed by atoms with Crippen LogP contribution in [0.3, 0.4) is 0 Å². The predicted molar refractivity (Wildman–Crippen MR) is 125 cm³/mol. The van der Waals surface area contributed by atoms with Crippen LogP contribution in [0.1, 0.15) is 43.2 Å². The van der Waals surface area contributed by atoms with Crippen molar-refractivity contribution in [2.24, 2.45) is 5.92 Å². The molecule has 0 spiro atoms. The van der Waals surface area contributed by atoms with Crippen LogP contribution in [0.4, 0.5) is 0 Å². The van der Waals surface area contributed by atoms with Crippen molar-refractivity contribution in [1.29, 1.82) is 0 Å². The molecule has 0 radical (unpaired) electrons. The van der Waals surface area contributed by atoms with Crippen LogP contribution in [0, 0.1) is 12.8 Å². The Balaban J connectivity index is 1.55. The van der Waals surface area contributed by atoms with Crippen molar-refractivity contribution >= 4 is 15.7 Å². The van der Waals surface area contributed by atoms with Crippen molar-refractivity contribution in [3.8, 4) is 22.4 Å². The molecule has 3 heteroatoms. The number of nitrogens with zero attached hydrogens (tertiary/aromatic N) is 1. The Morgan fingerprint density at radius 2 is 1.50 bits per heavy atom. The number of rotatable bonds is 4. The van der Waals surface area contributed by atoms with Gasteiger partial charge in [0.25, 0.3) is 0 Å². The number of benzene rings is 2. The molecule has 1 aromatic heterocycles. The minimum atomic E-state index is 0.256. The highest BCUT2D eigenvalue weighted by atomic mass is 14.7. The lowest BCUT2D eigenvalue weighted by atomic mass is 9.43. The van der Waals surface area contributed by atoms with Gasteiger partial charge in [-0.1, -0.05) is 97.5 Å². The summed E-state index contributed by atoms with van der Waals surface area (Å²) in [6.45, 7) is 2.14. The minimum Gasteiger partial charge on any atom is -0.256 e. The summed E-state index contributed by atoms with van der Waals surface area (Å²) in [5.41, 5.74) is 7.40. The number of hydrogen-bond acceptors (Lipinski definition) is 1. The Morgan fingerprint density at radius 1 is 0.821 bits per heavy atom. The van der Waals surface area contributed by atoms with E-state index in [1.54, 1.807) is 0 Å². The molecule has 1 heterocycles. The van der Waals surface area contributed by atoms with Gasteiger partial charge in [0.1, 0.15) is 15.7 Å². The van der Waals surface area contributed by atoms with Crippen LogP contribution in [-0.2, 0) is 5.21 Å². The van der Waals surface area contributed by atoms with E-state index in [0.29, 0.717) is 0 Å². The third kappa shape index (κ3) is 3.81. The van der Waals surface area contributed by atoms with E-state index in [1.165, 1.54) is 59.9 Å². The molecule has 0 amide bonds. The van der Waals surface area contributed by atoms with Crippen LogP contribution >= 0.6 is 0 Å². The van der Waals surface area contributed by atoms with Crippen molar-refractivity contribution in [2.75, 3.05) is 0 Å². The largest absolute Gasteiger partial charge is 0.256 e. The highest BCUT2D eigenvalue weighted by Crippen LogP contribution is 2.37. The third-order valence-corrected chi connectivity index (χ3v) is 6.77. The first-order valence-corrected chi connectivity index (χ1v) is 10.7. The van der Waals surface area contributed by atoms with Crippen molar-refractivity contribution in [3.63, 3.8) is 0 Å². The van der Waals surface area contributed by atoms with Crippen LogP contribution in [-0.4, -0.2) is 20.7 Å². The van der Waals surface area contributed by atoms with Gasteiger partial charge in [0, 0.05) is 17.3 Å². The maximum Gasteiger partial charge on any atom is 0.105 e. The first-order valence-electron chi connectivity index (χ1n) is 10.7. The zero-order chi connectivity index (χ0) is 19.6. The zero-order valence-electron chi connectivity index (χ0n) is 17.4. The van der Waals surface area contributed by atoms with Gasteiger partial charge in [0.05, 0.1) is 5.69 Å². The first kappa shape index (κ1) is 19.1. The van der Waals surface area contributed by atoms with Crippen molar-refractivity contribution in [3.05, 3.63) is 78.0 Å².